The Morgan fingerprint density at radius 1 is 1.33 bits per heavy atom. The number of benzene rings is 1. The number of carboxylic acid groups (broad SMARTS) is 1. The van der Waals surface area contributed by atoms with Crippen molar-refractivity contribution in [2.45, 2.75) is 6.42 Å². The lowest BCUT2D eigenvalue weighted by atomic mass is 9.99. The van der Waals surface area contributed by atoms with Crippen molar-refractivity contribution in [2.24, 2.45) is 5.92 Å². The average molecular weight is 207 g/mol. The summed E-state index contributed by atoms with van der Waals surface area (Å²) >= 11 is 0. The lowest BCUT2D eigenvalue weighted by Crippen LogP contribution is -2.29. The molecular weight excluding hydrogens is 190 g/mol. The fourth-order valence-corrected chi connectivity index (χ4v) is 1.57. The monoisotopic (exact) mass is 207 g/mol. The lowest BCUT2D eigenvalue weighted by Gasteiger charge is -2.17. The van der Waals surface area contributed by atoms with Crippen LogP contribution in [0.25, 0.3) is 0 Å². The first-order valence-corrected chi connectivity index (χ1v) is 5.01. The van der Waals surface area contributed by atoms with Gasteiger partial charge in [0.05, 0.1) is 5.92 Å². The molecule has 0 fully saturated rings. The Kier molecular flexibility index (Phi) is 4.31. The van der Waals surface area contributed by atoms with E-state index in [0.717, 1.165) is 5.56 Å². The highest BCUT2D eigenvalue weighted by Crippen LogP contribution is 2.09. The standard InChI is InChI=1S/C12H17NO2/c1-13(2)9-11(12(14)15)8-10-6-4-3-5-7-10/h3-7,11H,8-9H2,1-2H3,(H,14,15). The number of nitrogens with zero attached hydrogens (tertiary/aromatic N) is 1. The number of hydrogen-bond acceptors (Lipinski definition) is 2. The zero-order chi connectivity index (χ0) is 11.3. The van der Waals surface area contributed by atoms with Gasteiger partial charge in [0.25, 0.3) is 0 Å². The molecule has 1 aromatic rings. The largest absolute Gasteiger partial charge is 0.481 e. The topological polar surface area (TPSA) is 40.5 Å². The van der Waals surface area contributed by atoms with Crippen LogP contribution in [0, 0.1) is 5.92 Å². The van der Waals surface area contributed by atoms with Crippen LogP contribution in [0.2, 0.25) is 0 Å². The molecule has 0 saturated heterocycles. The van der Waals surface area contributed by atoms with Crippen LogP contribution in [0.1, 0.15) is 5.56 Å². The summed E-state index contributed by atoms with van der Waals surface area (Å²) in [5.41, 5.74) is 1.08. The minimum absolute atomic E-state index is 0.331. The molecule has 1 N–H and O–H groups in total. The summed E-state index contributed by atoms with van der Waals surface area (Å²) in [6, 6.07) is 9.73. The summed E-state index contributed by atoms with van der Waals surface area (Å²) < 4.78 is 0. The summed E-state index contributed by atoms with van der Waals surface area (Å²) in [7, 11) is 3.78. The molecule has 1 unspecified atom stereocenters. The molecule has 0 spiro atoms. The van der Waals surface area contributed by atoms with Gasteiger partial charge in [0.15, 0.2) is 0 Å². The molecule has 0 aliphatic rings. The number of hydrogen-bond donors (Lipinski definition) is 1. The summed E-state index contributed by atoms with van der Waals surface area (Å²) in [5, 5.41) is 9.06. The summed E-state index contributed by atoms with van der Waals surface area (Å²) in [6.07, 6.45) is 0.592. The summed E-state index contributed by atoms with van der Waals surface area (Å²) in [5.74, 6) is -1.06. The van der Waals surface area contributed by atoms with Crippen LogP contribution in [0.3, 0.4) is 0 Å². The number of rotatable bonds is 5. The second-order valence-corrected chi connectivity index (χ2v) is 3.99. The Morgan fingerprint density at radius 3 is 2.40 bits per heavy atom. The van der Waals surface area contributed by atoms with E-state index in [1.807, 2.05) is 49.3 Å². The van der Waals surface area contributed by atoms with Crippen molar-refractivity contribution in [1.29, 1.82) is 0 Å². The van der Waals surface area contributed by atoms with Crippen molar-refractivity contribution in [3.05, 3.63) is 35.9 Å². The molecule has 0 aliphatic carbocycles. The van der Waals surface area contributed by atoms with Crippen LogP contribution in [0.5, 0.6) is 0 Å². The highest BCUT2D eigenvalue weighted by Gasteiger charge is 2.18. The quantitative estimate of drug-likeness (QED) is 0.795. The molecule has 0 aromatic heterocycles. The van der Waals surface area contributed by atoms with Gasteiger partial charge in [0.1, 0.15) is 0 Å². The maximum Gasteiger partial charge on any atom is 0.308 e. The van der Waals surface area contributed by atoms with E-state index in [-0.39, 0.29) is 5.92 Å². The van der Waals surface area contributed by atoms with Crippen molar-refractivity contribution >= 4 is 5.97 Å². The highest BCUT2D eigenvalue weighted by atomic mass is 16.4. The van der Waals surface area contributed by atoms with Gasteiger partial charge in [-0.25, -0.2) is 0 Å². The predicted octanol–water partition coefficient (Wildman–Crippen LogP) is 1.49. The average Bonchev–Trinajstić information content (AvgIpc) is 2.17. The third kappa shape index (κ3) is 4.13. The Hall–Kier alpha value is -1.35. The Labute approximate surface area is 90.3 Å². The molecule has 0 bridgehead atoms. The van der Waals surface area contributed by atoms with Gasteiger partial charge in [-0.05, 0) is 26.1 Å². The molecule has 3 nitrogen and oxygen atoms in total. The zero-order valence-corrected chi connectivity index (χ0v) is 9.18. The lowest BCUT2D eigenvalue weighted by molar-refractivity contribution is -0.142. The first-order chi connectivity index (χ1) is 7.09. The second kappa shape index (κ2) is 5.51. The third-order valence-electron chi connectivity index (χ3n) is 2.26. The van der Waals surface area contributed by atoms with E-state index >= 15 is 0 Å². The molecule has 1 atom stereocenters. The number of aliphatic carboxylic acids is 1. The molecule has 1 aromatic carbocycles. The van der Waals surface area contributed by atoms with Gasteiger partial charge >= 0.3 is 5.97 Å². The van der Waals surface area contributed by atoms with E-state index in [0.29, 0.717) is 13.0 Å². The van der Waals surface area contributed by atoms with Crippen LogP contribution in [0.15, 0.2) is 30.3 Å². The van der Waals surface area contributed by atoms with Crippen LogP contribution < -0.4 is 0 Å². The maximum absolute atomic E-state index is 11.0. The first kappa shape index (κ1) is 11.7. The number of carbonyl (C=O) groups is 1. The smallest absolute Gasteiger partial charge is 0.308 e. The fourth-order valence-electron chi connectivity index (χ4n) is 1.57. The van der Waals surface area contributed by atoms with Gasteiger partial charge in [0.2, 0.25) is 0 Å². The van der Waals surface area contributed by atoms with E-state index in [4.69, 9.17) is 5.11 Å². The SMILES string of the molecule is CN(C)CC(Cc1ccccc1)C(=O)O. The molecule has 15 heavy (non-hydrogen) atoms. The second-order valence-electron chi connectivity index (χ2n) is 3.99. The van der Waals surface area contributed by atoms with E-state index in [2.05, 4.69) is 0 Å². The van der Waals surface area contributed by atoms with Gasteiger partial charge in [0, 0.05) is 6.54 Å². The predicted molar refractivity (Wildman–Crippen MR) is 59.8 cm³/mol. The molecule has 0 amide bonds. The van der Waals surface area contributed by atoms with E-state index in [1.165, 1.54) is 0 Å². The van der Waals surface area contributed by atoms with Gasteiger partial charge < -0.3 is 10.0 Å². The van der Waals surface area contributed by atoms with Crippen LogP contribution in [-0.4, -0.2) is 36.6 Å². The molecule has 82 valence electrons. The van der Waals surface area contributed by atoms with Crippen molar-refractivity contribution in [2.75, 3.05) is 20.6 Å². The number of carboxylic acids is 1. The van der Waals surface area contributed by atoms with Gasteiger partial charge in [-0.15, -0.1) is 0 Å². The molecule has 0 radical (unpaired) electrons. The summed E-state index contributed by atoms with van der Waals surface area (Å²) in [6.45, 7) is 0.574. The molecule has 0 aliphatic heterocycles. The Balaban J connectivity index is 2.63. The minimum atomic E-state index is -0.729. The Bertz CT molecular complexity index is 309. The minimum Gasteiger partial charge on any atom is -0.481 e. The van der Waals surface area contributed by atoms with Crippen molar-refractivity contribution in [1.82, 2.24) is 4.90 Å². The van der Waals surface area contributed by atoms with E-state index < -0.39 is 5.97 Å². The van der Waals surface area contributed by atoms with Crippen molar-refractivity contribution in [3.8, 4) is 0 Å². The van der Waals surface area contributed by atoms with Gasteiger partial charge in [-0.1, -0.05) is 30.3 Å². The highest BCUT2D eigenvalue weighted by molar-refractivity contribution is 5.70. The van der Waals surface area contributed by atoms with Gasteiger partial charge in [-0.2, -0.15) is 0 Å². The fraction of sp³-hybridized carbons (Fsp3) is 0.417. The molecule has 0 heterocycles. The zero-order valence-electron chi connectivity index (χ0n) is 9.18. The van der Waals surface area contributed by atoms with Crippen LogP contribution >= 0.6 is 0 Å². The van der Waals surface area contributed by atoms with E-state index in [9.17, 15) is 4.79 Å². The maximum atomic E-state index is 11.0. The molecular formula is C12H17NO2. The molecule has 0 saturated carbocycles. The summed E-state index contributed by atoms with van der Waals surface area (Å²) in [4.78, 5) is 12.9. The third-order valence-corrected chi connectivity index (χ3v) is 2.26. The first-order valence-electron chi connectivity index (χ1n) is 5.01. The Morgan fingerprint density at radius 2 is 1.93 bits per heavy atom. The van der Waals surface area contributed by atoms with Gasteiger partial charge in [-0.3, -0.25) is 4.79 Å². The molecule has 1 rings (SSSR count). The van der Waals surface area contributed by atoms with Crippen LogP contribution in [-0.2, 0) is 11.2 Å². The van der Waals surface area contributed by atoms with Crippen molar-refractivity contribution < 1.29 is 9.90 Å². The van der Waals surface area contributed by atoms with Crippen molar-refractivity contribution in [3.63, 3.8) is 0 Å². The van der Waals surface area contributed by atoms with E-state index in [1.54, 1.807) is 0 Å². The van der Waals surface area contributed by atoms with Crippen LogP contribution in [0.4, 0.5) is 0 Å². The molecule has 3 heteroatoms. The normalized spacial score (nSPS) is 12.7.